The summed E-state index contributed by atoms with van der Waals surface area (Å²) >= 11 is 0. The summed E-state index contributed by atoms with van der Waals surface area (Å²) in [6, 6.07) is 0.262. The largest absolute Gasteiger partial charge is 0.328 e. The van der Waals surface area contributed by atoms with Crippen LogP contribution in [-0.2, 0) is 10.2 Å². The molecule has 0 heterocycles. The van der Waals surface area contributed by atoms with Crippen molar-refractivity contribution < 1.29 is 8.42 Å². The first kappa shape index (κ1) is 13.9. The Balaban J connectivity index is 2.53. The van der Waals surface area contributed by atoms with Gasteiger partial charge in [0.25, 0.3) is 10.2 Å². The van der Waals surface area contributed by atoms with Crippen LogP contribution in [0.25, 0.3) is 0 Å². The molecule has 0 aromatic heterocycles. The highest BCUT2D eigenvalue weighted by molar-refractivity contribution is 7.87. The van der Waals surface area contributed by atoms with Crippen LogP contribution in [0, 0.1) is 0 Å². The third kappa shape index (κ3) is 3.69. The van der Waals surface area contributed by atoms with Crippen molar-refractivity contribution in [2.24, 2.45) is 5.73 Å². The highest BCUT2D eigenvalue weighted by Gasteiger charge is 2.26. The molecule has 0 saturated heterocycles. The van der Waals surface area contributed by atoms with Gasteiger partial charge in [0.1, 0.15) is 0 Å². The van der Waals surface area contributed by atoms with E-state index in [1.54, 1.807) is 7.05 Å². The van der Waals surface area contributed by atoms with Gasteiger partial charge in [0, 0.05) is 25.2 Å². The maximum Gasteiger partial charge on any atom is 0.279 e. The third-order valence-corrected chi connectivity index (χ3v) is 5.00. The first-order valence-electron chi connectivity index (χ1n) is 5.84. The minimum atomic E-state index is -3.33. The van der Waals surface area contributed by atoms with Gasteiger partial charge in [-0.15, -0.1) is 0 Å². The Kier molecular flexibility index (Phi) is 4.73. The summed E-state index contributed by atoms with van der Waals surface area (Å²) in [7, 11) is -1.74. The standard InChI is InChI=1S/C10H23N3O2S/c1-8(2)13(3)16(14,15)12-10-6-4-9(11)5-7-10/h8-10,12H,4-7,11H2,1-3H3. The summed E-state index contributed by atoms with van der Waals surface area (Å²) in [6.45, 7) is 3.71. The van der Waals surface area contributed by atoms with E-state index < -0.39 is 10.2 Å². The van der Waals surface area contributed by atoms with Crippen LogP contribution in [0.2, 0.25) is 0 Å². The molecule has 5 nitrogen and oxygen atoms in total. The SMILES string of the molecule is CC(C)N(C)S(=O)(=O)NC1CCC(N)CC1. The molecule has 1 aliphatic carbocycles. The van der Waals surface area contributed by atoms with Crippen molar-refractivity contribution in [1.82, 2.24) is 9.03 Å². The Bertz CT molecular complexity index is 308. The van der Waals surface area contributed by atoms with Crippen LogP contribution in [0.5, 0.6) is 0 Å². The van der Waals surface area contributed by atoms with Crippen LogP contribution in [0.15, 0.2) is 0 Å². The number of nitrogens with one attached hydrogen (secondary N) is 1. The predicted octanol–water partition coefficient (Wildman–Crippen LogP) is 0.431. The summed E-state index contributed by atoms with van der Waals surface area (Å²) < 4.78 is 27.9. The summed E-state index contributed by atoms with van der Waals surface area (Å²) in [5, 5.41) is 0. The molecule has 0 aromatic carbocycles. The van der Waals surface area contributed by atoms with E-state index in [2.05, 4.69) is 4.72 Å². The maximum absolute atomic E-state index is 11.9. The minimum Gasteiger partial charge on any atom is -0.328 e. The lowest BCUT2D eigenvalue weighted by Gasteiger charge is -2.29. The highest BCUT2D eigenvalue weighted by Crippen LogP contribution is 2.18. The minimum absolute atomic E-state index is 0.0247. The number of hydrogen-bond acceptors (Lipinski definition) is 3. The Labute approximate surface area is 98.6 Å². The van der Waals surface area contributed by atoms with Crippen LogP contribution < -0.4 is 10.5 Å². The Morgan fingerprint density at radius 2 is 1.75 bits per heavy atom. The van der Waals surface area contributed by atoms with E-state index in [1.165, 1.54) is 4.31 Å². The fraction of sp³-hybridized carbons (Fsp3) is 1.00. The lowest BCUT2D eigenvalue weighted by Crippen LogP contribution is -2.48. The molecule has 1 aliphatic rings. The van der Waals surface area contributed by atoms with Gasteiger partial charge in [0.15, 0.2) is 0 Å². The fourth-order valence-electron chi connectivity index (χ4n) is 1.81. The molecule has 0 radical (unpaired) electrons. The molecule has 1 saturated carbocycles. The zero-order chi connectivity index (χ0) is 12.3. The first-order chi connectivity index (χ1) is 7.33. The van der Waals surface area contributed by atoms with Crippen molar-refractivity contribution in [3.63, 3.8) is 0 Å². The van der Waals surface area contributed by atoms with Crippen LogP contribution in [-0.4, -0.2) is 37.9 Å². The smallest absolute Gasteiger partial charge is 0.279 e. The lowest BCUT2D eigenvalue weighted by atomic mass is 9.93. The molecule has 1 rings (SSSR count). The molecular weight excluding hydrogens is 226 g/mol. The van der Waals surface area contributed by atoms with Crippen molar-refractivity contribution >= 4 is 10.2 Å². The zero-order valence-corrected chi connectivity index (χ0v) is 11.1. The molecule has 0 bridgehead atoms. The summed E-state index contributed by atoms with van der Waals surface area (Å²) in [4.78, 5) is 0. The lowest BCUT2D eigenvalue weighted by molar-refractivity contribution is 0.352. The maximum atomic E-state index is 11.9. The van der Waals surface area contributed by atoms with Crippen molar-refractivity contribution in [3.8, 4) is 0 Å². The van der Waals surface area contributed by atoms with Crippen molar-refractivity contribution in [2.75, 3.05) is 7.05 Å². The monoisotopic (exact) mass is 249 g/mol. The number of nitrogens with zero attached hydrogens (tertiary/aromatic N) is 1. The van der Waals surface area contributed by atoms with Gasteiger partial charge in [-0.3, -0.25) is 0 Å². The van der Waals surface area contributed by atoms with Gasteiger partial charge in [-0.05, 0) is 39.5 Å². The average molecular weight is 249 g/mol. The summed E-state index contributed by atoms with van der Waals surface area (Å²) in [5.74, 6) is 0. The average Bonchev–Trinajstić information content (AvgIpc) is 2.20. The number of nitrogens with two attached hydrogens (primary N) is 1. The highest BCUT2D eigenvalue weighted by atomic mass is 32.2. The molecule has 6 heteroatoms. The second kappa shape index (κ2) is 5.44. The Morgan fingerprint density at radius 3 is 2.19 bits per heavy atom. The molecule has 3 N–H and O–H groups in total. The van der Waals surface area contributed by atoms with Crippen molar-refractivity contribution in [3.05, 3.63) is 0 Å². The molecule has 0 aromatic rings. The Morgan fingerprint density at radius 1 is 1.25 bits per heavy atom. The van der Waals surface area contributed by atoms with Gasteiger partial charge in [0.2, 0.25) is 0 Å². The molecule has 1 fully saturated rings. The van der Waals surface area contributed by atoms with Gasteiger partial charge in [-0.1, -0.05) is 0 Å². The zero-order valence-electron chi connectivity index (χ0n) is 10.3. The second-order valence-electron chi connectivity index (χ2n) is 4.84. The fourth-order valence-corrected chi connectivity index (χ4v) is 3.19. The summed E-state index contributed by atoms with van der Waals surface area (Å²) in [5.41, 5.74) is 5.78. The van der Waals surface area contributed by atoms with Gasteiger partial charge < -0.3 is 5.73 Å². The van der Waals surface area contributed by atoms with Crippen LogP contribution in [0.1, 0.15) is 39.5 Å². The third-order valence-electron chi connectivity index (χ3n) is 3.19. The molecule has 0 amide bonds. The molecule has 0 atom stereocenters. The van der Waals surface area contributed by atoms with E-state index in [1.807, 2.05) is 13.8 Å². The molecule has 96 valence electrons. The van der Waals surface area contributed by atoms with E-state index in [-0.39, 0.29) is 18.1 Å². The van der Waals surface area contributed by atoms with Gasteiger partial charge in [0.05, 0.1) is 0 Å². The number of rotatable bonds is 4. The molecular formula is C10H23N3O2S. The van der Waals surface area contributed by atoms with E-state index in [0.29, 0.717) is 0 Å². The van der Waals surface area contributed by atoms with Crippen molar-refractivity contribution in [2.45, 2.75) is 57.7 Å². The second-order valence-corrected chi connectivity index (χ2v) is 6.61. The van der Waals surface area contributed by atoms with Gasteiger partial charge in [-0.2, -0.15) is 17.4 Å². The number of hydrogen-bond donors (Lipinski definition) is 2. The van der Waals surface area contributed by atoms with Gasteiger partial charge >= 0.3 is 0 Å². The normalized spacial score (nSPS) is 27.6. The van der Waals surface area contributed by atoms with E-state index >= 15 is 0 Å². The molecule has 0 spiro atoms. The van der Waals surface area contributed by atoms with Crippen LogP contribution in [0.3, 0.4) is 0 Å². The molecule has 0 unspecified atom stereocenters. The van der Waals surface area contributed by atoms with E-state index in [0.717, 1.165) is 25.7 Å². The predicted molar refractivity (Wildman–Crippen MR) is 65.2 cm³/mol. The van der Waals surface area contributed by atoms with Crippen molar-refractivity contribution in [1.29, 1.82) is 0 Å². The van der Waals surface area contributed by atoms with Gasteiger partial charge in [-0.25, -0.2) is 0 Å². The van der Waals surface area contributed by atoms with E-state index in [4.69, 9.17) is 5.73 Å². The first-order valence-corrected chi connectivity index (χ1v) is 7.28. The molecule has 0 aliphatic heterocycles. The van der Waals surface area contributed by atoms with E-state index in [9.17, 15) is 8.42 Å². The van der Waals surface area contributed by atoms with Crippen LogP contribution >= 0.6 is 0 Å². The topological polar surface area (TPSA) is 75.4 Å². The van der Waals surface area contributed by atoms with Crippen LogP contribution in [0.4, 0.5) is 0 Å². The summed E-state index contributed by atoms with van der Waals surface area (Å²) in [6.07, 6.45) is 3.48. The Hall–Kier alpha value is -0.170. The quantitative estimate of drug-likeness (QED) is 0.758. The molecule has 16 heavy (non-hydrogen) atoms.